The number of halogens is 1. The van der Waals surface area contributed by atoms with Gasteiger partial charge in [-0.15, -0.1) is 11.3 Å². The smallest absolute Gasteiger partial charge is 0.263 e. The molecule has 0 radical (unpaired) electrons. The minimum absolute atomic E-state index is 0.0281. The van der Waals surface area contributed by atoms with Crippen LogP contribution in [0.25, 0.3) is 0 Å². The van der Waals surface area contributed by atoms with Crippen LogP contribution in [-0.4, -0.2) is 30.6 Å². The van der Waals surface area contributed by atoms with E-state index in [0.29, 0.717) is 9.21 Å². The molecule has 0 aliphatic rings. The number of hydrogen-bond donors (Lipinski definition) is 0. The lowest BCUT2D eigenvalue weighted by Crippen LogP contribution is -2.21. The SMILES string of the molecule is CC(C)=Nc1c(Cl)sc(C(=O)N(C)C)c1C. The van der Waals surface area contributed by atoms with Gasteiger partial charge in [-0.05, 0) is 26.3 Å². The molecule has 1 aromatic rings. The first-order valence-corrected chi connectivity index (χ1v) is 6.06. The number of rotatable bonds is 2. The molecule has 0 bridgehead atoms. The Morgan fingerprint density at radius 3 is 2.38 bits per heavy atom. The van der Waals surface area contributed by atoms with Crippen LogP contribution >= 0.6 is 22.9 Å². The molecule has 1 rings (SSSR count). The van der Waals surface area contributed by atoms with Gasteiger partial charge in [0.25, 0.3) is 5.91 Å². The zero-order chi connectivity index (χ0) is 12.5. The summed E-state index contributed by atoms with van der Waals surface area (Å²) in [5, 5.41) is 0. The number of hydrogen-bond acceptors (Lipinski definition) is 3. The molecule has 0 atom stereocenters. The molecule has 16 heavy (non-hydrogen) atoms. The highest BCUT2D eigenvalue weighted by atomic mass is 35.5. The molecule has 0 fully saturated rings. The Morgan fingerprint density at radius 2 is 1.94 bits per heavy atom. The van der Waals surface area contributed by atoms with Gasteiger partial charge in [-0.2, -0.15) is 0 Å². The maximum Gasteiger partial charge on any atom is 0.263 e. The highest BCUT2D eigenvalue weighted by Gasteiger charge is 2.19. The first-order chi connectivity index (χ1) is 7.34. The van der Waals surface area contributed by atoms with Crippen LogP contribution in [0.1, 0.15) is 29.1 Å². The van der Waals surface area contributed by atoms with Crippen LogP contribution in [0, 0.1) is 6.92 Å². The minimum Gasteiger partial charge on any atom is -0.344 e. The Balaban J connectivity index is 3.27. The van der Waals surface area contributed by atoms with Crippen LogP contribution in [0.2, 0.25) is 4.34 Å². The lowest BCUT2D eigenvalue weighted by molar-refractivity contribution is 0.0831. The molecule has 0 aliphatic heterocycles. The molecule has 0 unspecified atom stereocenters. The van der Waals surface area contributed by atoms with E-state index in [2.05, 4.69) is 4.99 Å². The summed E-state index contributed by atoms with van der Waals surface area (Å²) in [4.78, 5) is 18.4. The molecule has 0 aliphatic carbocycles. The molecule has 0 spiro atoms. The van der Waals surface area contributed by atoms with Crippen LogP contribution < -0.4 is 0 Å². The van der Waals surface area contributed by atoms with Crippen molar-refractivity contribution in [3.8, 4) is 0 Å². The van der Waals surface area contributed by atoms with Gasteiger partial charge < -0.3 is 4.90 Å². The zero-order valence-corrected chi connectivity index (χ0v) is 11.7. The zero-order valence-electron chi connectivity index (χ0n) is 10.1. The van der Waals surface area contributed by atoms with Gasteiger partial charge in [0.05, 0.1) is 10.6 Å². The third-order valence-electron chi connectivity index (χ3n) is 2.01. The number of thiophene rings is 1. The summed E-state index contributed by atoms with van der Waals surface area (Å²) >= 11 is 7.37. The van der Waals surface area contributed by atoms with Gasteiger partial charge in [0, 0.05) is 19.8 Å². The molecule has 1 amide bonds. The van der Waals surface area contributed by atoms with Gasteiger partial charge in [0.1, 0.15) is 4.34 Å². The molecular formula is C11H15ClN2OS. The highest BCUT2D eigenvalue weighted by molar-refractivity contribution is 7.18. The Kier molecular flexibility index (Phi) is 4.10. The van der Waals surface area contributed by atoms with Crippen molar-refractivity contribution in [3.63, 3.8) is 0 Å². The summed E-state index contributed by atoms with van der Waals surface area (Å²) in [6.07, 6.45) is 0. The standard InChI is InChI=1S/C11H15ClN2OS/c1-6(2)13-8-7(3)9(16-10(8)12)11(15)14(4)5/h1-5H3. The summed E-state index contributed by atoms with van der Waals surface area (Å²) in [6, 6.07) is 0. The second-order valence-electron chi connectivity index (χ2n) is 3.94. The summed E-state index contributed by atoms with van der Waals surface area (Å²) in [6.45, 7) is 5.68. The Bertz CT molecular complexity index is 445. The Hall–Kier alpha value is -0.870. The Morgan fingerprint density at radius 1 is 1.38 bits per heavy atom. The minimum atomic E-state index is -0.0281. The third kappa shape index (κ3) is 2.62. The predicted molar refractivity (Wildman–Crippen MR) is 70.5 cm³/mol. The van der Waals surface area contributed by atoms with E-state index in [0.717, 1.165) is 17.0 Å². The van der Waals surface area contributed by atoms with Crippen LogP contribution in [0.5, 0.6) is 0 Å². The lowest BCUT2D eigenvalue weighted by Gasteiger charge is -2.08. The maximum absolute atomic E-state index is 11.8. The van der Waals surface area contributed by atoms with Crippen molar-refractivity contribution in [1.82, 2.24) is 4.90 Å². The number of aliphatic imine (C=N–C) groups is 1. The van der Waals surface area contributed by atoms with Crippen LogP contribution in [0.3, 0.4) is 0 Å². The molecule has 88 valence electrons. The molecular weight excluding hydrogens is 244 g/mol. The van der Waals surface area contributed by atoms with E-state index < -0.39 is 0 Å². The van der Waals surface area contributed by atoms with E-state index in [-0.39, 0.29) is 5.91 Å². The van der Waals surface area contributed by atoms with E-state index in [1.165, 1.54) is 11.3 Å². The number of amides is 1. The molecule has 0 saturated heterocycles. The lowest BCUT2D eigenvalue weighted by atomic mass is 10.2. The maximum atomic E-state index is 11.8. The van der Waals surface area contributed by atoms with Crippen LogP contribution in [0.4, 0.5) is 5.69 Å². The molecule has 0 aromatic carbocycles. The van der Waals surface area contributed by atoms with E-state index in [9.17, 15) is 4.79 Å². The van der Waals surface area contributed by atoms with Gasteiger partial charge in [0.2, 0.25) is 0 Å². The fraction of sp³-hybridized carbons (Fsp3) is 0.455. The topological polar surface area (TPSA) is 32.7 Å². The molecule has 0 saturated carbocycles. The molecule has 1 heterocycles. The quantitative estimate of drug-likeness (QED) is 0.747. The normalized spacial score (nSPS) is 10.1. The Labute approximate surface area is 105 Å². The number of carbonyl (C=O) groups excluding carboxylic acids is 1. The summed E-state index contributed by atoms with van der Waals surface area (Å²) < 4.78 is 0.573. The van der Waals surface area contributed by atoms with Gasteiger partial charge in [0.15, 0.2) is 0 Å². The van der Waals surface area contributed by atoms with Crippen molar-refractivity contribution >= 4 is 40.2 Å². The van der Waals surface area contributed by atoms with Crippen molar-refractivity contribution < 1.29 is 4.79 Å². The summed E-state index contributed by atoms with van der Waals surface area (Å²) in [5.41, 5.74) is 2.50. The molecule has 3 nitrogen and oxygen atoms in total. The second kappa shape index (κ2) is 4.97. The van der Waals surface area contributed by atoms with E-state index >= 15 is 0 Å². The van der Waals surface area contributed by atoms with Gasteiger partial charge in [-0.25, -0.2) is 0 Å². The van der Waals surface area contributed by atoms with Crippen LogP contribution in [-0.2, 0) is 0 Å². The van der Waals surface area contributed by atoms with Crippen molar-refractivity contribution in [2.24, 2.45) is 4.99 Å². The van der Waals surface area contributed by atoms with Crippen molar-refractivity contribution in [2.45, 2.75) is 20.8 Å². The largest absolute Gasteiger partial charge is 0.344 e. The molecule has 0 N–H and O–H groups in total. The van der Waals surface area contributed by atoms with Crippen LogP contribution in [0.15, 0.2) is 4.99 Å². The third-order valence-corrected chi connectivity index (χ3v) is 3.48. The van der Waals surface area contributed by atoms with E-state index in [4.69, 9.17) is 11.6 Å². The first kappa shape index (κ1) is 13.2. The number of carbonyl (C=O) groups is 1. The van der Waals surface area contributed by atoms with E-state index in [1.54, 1.807) is 19.0 Å². The summed E-state index contributed by atoms with van der Waals surface area (Å²) in [7, 11) is 3.45. The van der Waals surface area contributed by atoms with Gasteiger partial charge >= 0.3 is 0 Å². The monoisotopic (exact) mass is 258 g/mol. The average molecular weight is 259 g/mol. The molecule has 5 heteroatoms. The van der Waals surface area contributed by atoms with Gasteiger partial charge in [-0.1, -0.05) is 11.6 Å². The number of nitrogens with zero attached hydrogens (tertiary/aromatic N) is 2. The highest BCUT2D eigenvalue weighted by Crippen LogP contribution is 2.39. The average Bonchev–Trinajstić information content (AvgIpc) is 2.44. The van der Waals surface area contributed by atoms with Gasteiger partial charge in [-0.3, -0.25) is 9.79 Å². The van der Waals surface area contributed by atoms with Crippen molar-refractivity contribution in [1.29, 1.82) is 0 Å². The van der Waals surface area contributed by atoms with Crippen molar-refractivity contribution in [2.75, 3.05) is 14.1 Å². The fourth-order valence-electron chi connectivity index (χ4n) is 1.23. The van der Waals surface area contributed by atoms with E-state index in [1.807, 2.05) is 20.8 Å². The van der Waals surface area contributed by atoms with Crippen molar-refractivity contribution in [3.05, 3.63) is 14.8 Å². The summed E-state index contributed by atoms with van der Waals surface area (Å²) in [5.74, 6) is -0.0281. The fourth-order valence-corrected chi connectivity index (χ4v) is 2.64. The first-order valence-electron chi connectivity index (χ1n) is 4.87. The molecule has 1 aromatic heterocycles. The predicted octanol–water partition coefficient (Wildman–Crippen LogP) is 3.52. The second-order valence-corrected chi connectivity index (χ2v) is 5.56.